The highest BCUT2D eigenvalue weighted by Crippen LogP contribution is 2.27. The molecule has 0 aliphatic carbocycles. The first kappa shape index (κ1) is 12.3. The number of hydrogen-bond donors (Lipinski definition) is 2. The van der Waals surface area contributed by atoms with Gasteiger partial charge in [0, 0.05) is 12.1 Å². The van der Waals surface area contributed by atoms with Gasteiger partial charge in [0.1, 0.15) is 11.1 Å². The number of amides is 1. The van der Waals surface area contributed by atoms with E-state index >= 15 is 0 Å². The average molecular weight is 245 g/mol. The van der Waals surface area contributed by atoms with Crippen LogP contribution >= 0.6 is 11.6 Å². The number of anilines is 1. The molecule has 16 heavy (non-hydrogen) atoms. The number of nitro benzene ring substituents is 1. The molecule has 2 N–H and O–H groups in total. The zero-order chi connectivity index (χ0) is 12.3. The molecular weight excluding hydrogens is 236 g/mol. The molecule has 1 amide bonds. The highest BCUT2D eigenvalue weighted by molar-refractivity contribution is 6.32. The van der Waals surface area contributed by atoms with Crippen LogP contribution in [0.3, 0.4) is 0 Å². The van der Waals surface area contributed by atoms with E-state index in [4.69, 9.17) is 11.6 Å². The summed E-state index contributed by atoms with van der Waals surface area (Å²) in [5.41, 5.74) is -0.262. The van der Waals surface area contributed by atoms with Crippen LogP contribution in [0.4, 0.5) is 11.4 Å². The van der Waals surface area contributed by atoms with E-state index in [2.05, 4.69) is 5.32 Å². The Bertz CT molecular complexity index is 434. The molecule has 0 aliphatic heterocycles. The molecule has 0 bridgehead atoms. The number of halogens is 1. The lowest BCUT2D eigenvalue weighted by Gasteiger charge is -2.07. The Kier molecular flexibility index (Phi) is 3.68. The fraction of sp³-hybridized carbons (Fsp3) is 0.222. The quantitative estimate of drug-likeness (QED) is 0.367. The molecule has 0 aliphatic rings. The number of nitrogens with one attached hydrogen (secondary N) is 1. The number of benzene rings is 1. The summed E-state index contributed by atoms with van der Waals surface area (Å²) < 4.78 is 0. The highest BCUT2D eigenvalue weighted by Gasteiger charge is 2.15. The number of alkyl halides is 1. The second-order valence-corrected chi connectivity index (χ2v) is 3.72. The first-order valence-electron chi connectivity index (χ1n) is 4.34. The normalized spacial score (nSPS) is 11.9. The number of nitrogens with zero attached hydrogens (tertiary/aromatic N) is 1. The molecule has 0 heterocycles. The van der Waals surface area contributed by atoms with Gasteiger partial charge in [-0.2, -0.15) is 0 Å². The van der Waals surface area contributed by atoms with E-state index < -0.39 is 16.2 Å². The van der Waals surface area contributed by atoms with Gasteiger partial charge in [-0.1, -0.05) is 0 Å². The van der Waals surface area contributed by atoms with Crippen molar-refractivity contribution in [3.05, 3.63) is 28.3 Å². The second kappa shape index (κ2) is 4.80. The summed E-state index contributed by atoms with van der Waals surface area (Å²) >= 11 is 5.51. The van der Waals surface area contributed by atoms with Crippen LogP contribution in [0.2, 0.25) is 0 Å². The average Bonchev–Trinajstić information content (AvgIpc) is 2.20. The number of rotatable bonds is 3. The number of non-ortho nitro benzene ring substituents is 1. The van der Waals surface area contributed by atoms with Crippen molar-refractivity contribution in [2.75, 3.05) is 5.32 Å². The third-order valence-electron chi connectivity index (χ3n) is 1.81. The van der Waals surface area contributed by atoms with E-state index in [0.29, 0.717) is 0 Å². The van der Waals surface area contributed by atoms with Gasteiger partial charge in [0.2, 0.25) is 5.91 Å². The van der Waals surface area contributed by atoms with Crippen molar-refractivity contribution in [1.82, 2.24) is 0 Å². The SMILES string of the molecule is CC(Cl)C(=O)Nc1cc([N+](=O)[O-])ccc1O. The van der Waals surface area contributed by atoms with Crippen LogP contribution in [0.5, 0.6) is 5.75 Å². The van der Waals surface area contributed by atoms with Gasteiger partial charge in [-0.05, 0) is 13.0 Å². The Balaban J connectivity index is 2.99. The van der Waals surface area contributed by atoms with E-state index in [1.807, 2.05) is 0 Å². The van der Waals surface area contributed by atoms with Gasteiger partial charge in [0.15, 0.2) is 0 Å². The molecular formula is C9H9ClN2O4. The van der Waals surface area contributed by atoms with E-state index in [-0.39, 0.29) is 17.1 Å². The van der Waals surface area contributed by atoms with Gasteiger partial charge in [-0.25, -0.2) is 0 Å². The molecule has 1 aromatic carbocycles. The number of phenolic OH excluding ortho intramolecular Hbond substituents is 1. The smallest absolute Gasteiger partial charge is 0.271 e. The van der Waals surface area contributed by atoms with Crippen molar-refractivity contribution in [2.24, 2.45) is 0 Å². The third kappa shape index (κ3) is 2.83. The maximum Gasteiger partial charge on any atom is 0.271 e. The molecule has 0 fully saturated rings. The van der Waals surface area contributed by atoms with Crippen LogP contribution in [0, 0.1) is 10.1 Å². The zero-order valence-corrected chi connectivity index (χ0v) is 9.06. The molecule has 0 aromatic heterocycles. The van der Waals surface area contributed by atoms with Crippen molar-refractivity contribution >= 4 is 28.9 Å². The molecule has 0 saturated heterocycles. The number of phenols is 1. The Morgan fingerprint density at radius 3 is 2.75 bits per heavy atom. The Hall–Kier alpha value is -1.82. The zero-order valence-electron chi connectivity index (χ0n) is 8.31. The molecule has 0 radical (unpaired) electrons. The largest absolute Gasteiger partial charge is 0.506 e. The minimum atomic E-state index is -0.793. The lowest BCUT2D eigenvalue weighted by atomic mass is 10.2. The molecule has 6 nitrogen and oxygen atoms in total. The van der Waals surface area contributed by atoms with Gasteiger partial charge in [-0.3, -0.25) is 14.9 Å². The van der Waals surface area contributed by atoms with Crippen molar-refractivity contribution in [3.63, 3.8) is 0 Å². The molecule has 1 unspecified atom stereocenters. The first-order valence-corrected chi connectivity index (χ1v) is 4.78. The van der Waals surface area contributed by atoms with Crippen molar-refractivity contribution in [1.29, 1.82) is 0 Å². The lowest BCUT2D eigenvalue weighted by molar-refractivity contribution is -0.384. The summed E-state index contributed by atoms with van der Waals surface area (Å²) in [7, 11) is 0. The molecule has 0 spiro atoms. The van der Waals surface area contributed by atoms with Crippen molar-refractivity contribution < 1.29 is 14.8 Å². The number of nitro groups is 1. The van der Waals surface area contributed by atoms with E-state index in [0.717, 1.165) is 18.2 Å². The van der Waals surface area contributed by atoms with Crippen LogP contribution in [0.25, 0.3) is 0 Å². The summed E-state index contributed by atoms with van der Waals surface area (Å²) in [6, 6.07) is 3.33. The Labute approximate surface area is 96.0 Å². The fourth-order valence-corrected chi connectivity index (χ4v) is 1.02. The van der Waals surface area contributed by atoms with E-state index in [1.54, 1.807) is 0 Å². The molecule has 86 valence electrons. The van der Waals surface area contributed by atoms with Crippen LogP contribution < -0.4 is 5.32 Å². The summed E-state index contributed by atoms with van der Waals surface area (Å²) in [6.45, 7) is 1.45. The highest BCUT2D eigenvalue weighted by atomic mass is 35.5. The third-order valence-corrected chi connectivity index (χ3v) is 2.01. The monoisotopic (exact) mass is 244 g/mol. The summed E-state index contributed by atoms with van der Waals surface area (Å²) in [4.78, 5) is 21.1. The maximum atomic E-state index is 11.2. The van der Waals surface area contributed by atoms with Crippen LogP contribution in [0.1, 0.15) is 6.92 Å². The van der Waals surface area contributed by atoms with Gasteiger partial charge >= 0.3 is 0 Å². The maximum absolute atomic E-state index is 11.2. The van der Waals surface area contributed by atoms with Gasteiger partial charge in [0.05, 0.1) is 10.6 Å². The second-order valence-electron chi connectivity index (χ2n) is 3.06. The molecule has 1 rings (SSSR count). The van der Waals surface area contributed by atoms with Crippen LogP contribution in [-0.4, -0.2) is 21.3 Å². The molecule has 1 aromatic rings. The standard InChI is InChI=1S/C9H9ClN2O4/c1-5(10)9(14)11-7-4-6(12(15)16)2-3-8(7)13/h2-5,13H,1H3,(H,11,14). The predicted molar refractivity (Wildman–Crippen MR) is 58.7 cm³/mol. The predicted octanol–water partition coefficient (Wildman–Crippen LogP) is 1.87. The van der Waals surface area contributed by atoms with Gasteiger partial charge < -0.3 is 10.4 Å². The number of carbonyl (C=O) groups is 1. The summed E-state index contributed by atoms with van der Waals surface area (Å²) in [5.74, 6) is -0.797. The fourth-order valence-electron chi connectivity index (χ4n) is 0.970. The van der Waals surface area contributed by atoms with E-state index in [9.17, 15) is 20.0 Å². The van der Waals surface area contributed by atoms with Gasteiger partial charge in [-0.15, -0.1) is 11.6 Å². The van der Waals surface area contributed by atoms with E-state index in [1.165, 1.54) is 6.92 Å². The molecule has 0 saturated carbocycles. The number of hydrogen-bond acceptors (Lipinski definition) is 4. The van der Waals surface area contributed by atoms with Crippen LogP contribution in [-0.2, 0) is 4.79 Å². The van der Waals surface area contributed by atoms with Crippen LogP contribution in [0.15, 0.2) is 18.2 Å². The Morgan fingerprint density at radius 1 is 1.62 bits per heavy atom. The van der Waals surface area contributed by atoms with Crippen molar-refractivity contribution in [2.45, 2.75) is 12.3 Å². The minimum Gasteiger partial charge on any atom is -0.506 e. The number of carbonyl (C=O) groups excluding carboxylic acids is 1. The molecule has 1 atom stereocenters. The minimum absolute atomic E-state index is 0.0355. The number of aromatic hydroxyl groups is 1. The summed E-state index contributed by atoms with van der Waals surface area (Å²) in [6.07, 6.45) is 0. The topological polar surface area (TPSA) is 92.5 Å². The molecule has 7 heteroatoms. The Morgan fingerprint density at radius 2 is 2.25 bits per heavy atom. The van der Waals surface area contributed by atoms with Crippen molar-refractivity contribution in [3.8, 4) is 5.75 Å². The van der Waals surface area contributed by atoms with Gasteiger partial charge in [0.25, 0.3) is 5.69 Å². The lowest BCUT2D eigenvalue weighted by Crippen LogP contribution is -2.20. The summed E-state index contributed by atoms with van der Waals surface area (Å²) in [5, 5.41) is 21.3. The first-order chi connectivity index (χ1) is 7.41.